The van der Waals surface area contributed by atoms with Crippen molar-refractivity contribution in [2.24, 2.45) is 5.73 Å². The van der Waals surface area contributed by atoms with E-state index < -0.39 is 0 Å². The summed E-state index contributed by atoms with van der Waals surface area (Å²) in [6, 6.07) is 0. The Morgan fingerprint density at radius 3 is 1.36 bits per heavy atom. The van der Waals surface area contributed by atoms with Crippen molar-refractivity contribution in [1.82, 2.24) is 0 Å². The fraction of sp³-hybridized carbons (Fsp3) is 1.00. The molecular weight excluding hydrogens is 134 g/mol. The first-order chi connectivity index (χ1) is 5.33. The van der Waals surface area contributed by atoms with E-state index in [4.69, 9.17) is 5.73 Å². The molecule has 0 aromatic carbocycles. The van der Waals surface area contributed by atoms with E-state index in [-0.39, 0.29) is 0 Å². The molecular formula is C10H27N. The first kappa shape index (κ1) is 17.2. The van der Waals surface area contributed by atoms with Gasteiger partial charge < -0.3 is 5.73 Å². The van der Waals surface area contributed by atoms with Crippen molar-refractivity contribution in [2.45, 2.75) is 60.3 Å². The molecule has 0 bridgehead atoms. The van der Waals surface area contributed by atoms with Crippen LogP contribution < -0.4 is 5.73 Å². The van der Waals surface area contributed by atoms with Crippen LogP contribution in [-0.2, 0) is 0 Å². The van der Waals surface area contributed by atoms with Crippen LogP contribution >= 0.6 is 0 Å². The van der Waals surface area contributed by atoms with E-state index in [2.05, 4.69) is 20.8 Å². The minimum Gasteiger partial charge on any atom is -0.330 e. The van der Waals surface area contributed by atoms with Crippen LogP contribution in [0, 0.1) is 0 Å². The fourth-order valence-electron chi connectivity index (χ4n) is 0.394. The van der Waals surface area contributed by atoms with E-state index in [0.29, 0.717) is 0 Å². The van der Waals surface area contributed by atoms with E-state index >= 15 is 0 Å². The van der Waals surface area contributed by atoms with Gasteiger partial charge in [-0.1, -0.05) is 53.9 Å². The molecule has 0 fully saturated rings. The van der Waals surface area contributed by atoms with Crippen LogP contribution in [-0.4, -0.2) is 6.54 Å². The van der Waals surface area contributed by atoms with Crippen LogP contribution in [0.5, 0.6) is 0 Å². The lowest BCUT2D eigenvalue weighted by molar-refractivity contribution is 0.727. The predicted octanol–water partition coefficient (Wildman–Crippen LogP) is 3.58. The lowest BCUT2D eigenvalue weighted by Gasteiger charge is -1.86. The Kier molecular flexibility index (Phi) is 50.7. The minimum absolute atomic E-state index is 0.855. The Labute approximate surface area is 73.4 Å². The van der Waals surface area contributed by atoms with Gasteiger partial charge in [0.05, 0.1) is 0 Å². The lowest BCUT2D eigenvalue weighted by atomic mass is 10.3. The van der Waals surface area contributed by atoms with Gasteiger partial charge in [0.1, 0.15) is 0 Å². The van der Waals surface area contributed by atoms with Gasteiger partial charge in [-0.2, -0.15) is 0 Å². The van der Waals surface area contributed by atoms with Gasteiger partial charge in [-0.25, -0.2) is 0 Å². The van der Waals surface area contributed by atoms with Gasteiger partial charge >= 0.3 is 0 Å². The lowest BCUT2D eigenvalue weighted by Crippen LogP contribution is -1.96. The zero-order valence-electron chi connectivity index (χ0n) is 9.11. The van der Waals surface area contributed by atoms with Crippen molar-refractivity contribution in [3.8, 4) is 0 Å². The topological polar surface area (TPSA) is 26.0 Å². The molecule has 0 aliphatic rings. The van der Waals surface area contributed by atoms with E-state index in [9.17, 15) is 0 Å². The smallest absolute Gasteiger partial charge is 0.00773 e. The number of hydrogen-bond donors (Lipinski definition) is 1. The van der Waals surface area contributed by atoms with E-state index in [1.54, 1.807) is 0 Å². The van der Waals surface area contributed by atoms with Gasteiger partial charge in [0, 0.05) is 0 Å². The van der Waals surface area contributed by atoms with Crippen LogP contribution in [0.15, 0.2) is 0 Å². The summed E-state index contributed by atoms with van der Waals surface area (Å²) in [7, 11) is 0. The fourth-order valence-corrected chi connectivity index (χ4v) is 0.394. The number of hydrogen-bond acceptors (Lipinski definition) is 1. The Hall–Kier alpha value is -0.0400. The maximum Gasteiger partial charge on any atom is -0.00773 e. The second-order valence-corrected chi connectivity index (χ2v) is 2.20. The molecule has 0 rings (SSSR count). The Balaban J connectivity index is -0.000000109. The van der Waals surface area contributed by atoms with Crippen molar-refractivity contribution in [2.75, 3.05) is 6.54 Å². The summed E-state index contributed by atoms with van der Waals surface area (Å²) in [5.41, 5.74) is 5.21. The monoisotopic (exact) mass is 161 g/mol. The minimum atomic E-state index is 0.855. The van der Waals surface area contributed by atoms with Crippen LogP contribution in [0.25, 0.3) is 0 Å². The largest absolute Gasteiger partial charge is 0.330 e. The van der Waals surface area contributed by atoms with Crippen molar-refractivity contribution in [3.63, 3.8) is 0 Å². The van der Waals surface area contributed by atoms with E-state index in [1.165, 1.54) is 25.7 Å². The highest BCUT2D eigenvalue weighted by molar-refractivity contribution is 4.34. The summed E-state index contributed by atoms with van der Waals surface area (Å²) < 4.78 is 0. The quantitative estimate of drug-likeness (QED) is 0.629. The van der Waals surface area contributed by atoms with E-state index in [1.807, 2.05) is 13.8 Å². The van der Waals surface area contributed by atoms with Gasteiger partial charge in [0.15, 0.2) is 0 Å². The zero-order chi connectivity index (χ0) is 9.54. The van der Waals surface area contributed by atoms with E-state index in [0.717, 1.165) is 6.54 Å². The average Bonchev–Trinajstić information content (AvgIpc) is 2.06. The van der Waals surface area contributed by atoms with Crippen molar-refractivity contribution < 1.29 is 0 Å². The third kappa shape index (κ3) is 72.0. The molecule has 0 radical (unpaired) electrons. The van der Waals surface area contributed by atoms with Crippen LogP contribution in [0.2, 0.25) is 0 Å². The molecule has 0 saturated carbocycles. The van der Waals surface area contributed by atoms with Crippen LogP contribution in [0.4, 0.5) is 0 Å². The highest BCUT2D eigenvalue weighted by Crippen LogP contribution is 1.88. The summed E-state index contributed by atoms with van der Waals surface area (Å²) in [6.45, 7) is 11.3. The molecule has 72 valence electrons. The maximum absolute atomic E-state index is 5.21. The van der Waals surface area contributed by atoms with Gasteiger partial charge in [-0.3, -0.25) is 0 Å². The van der Waals surface area contributed by atoms with Gasteiger partial charge in [-0.15, -0.1) is 0 Å². The molecule has 0 amide bonds. The highest BCUT2D eigenvalue weighted by atomic mass is 14.5. The van der Waals surface area contributed by atoms with Gasteiger partial charge in [0.2, 0.25) is 0 Å². The molecule has 0 unspecified atom stereocenters. The van der Waals surface area contributed by atoms with Crippen LogP contribution in [0.3, 0.4) is 0 Å². The molecule has 0 saturated heterocycles. The van der Waals surface area contributed by atoms with Crippen molar-refractivity contribution in [1.29, 1.82) is 0 Å². The van der Waals surface area contributed by atoms with Crippen molar-refractivity contribution >= 4 is 0 Å². The predicted molar refractivity (Wildman–Crippen MR) is 55.9 cm³/mol. The second kappa shape index (κ2) is 32.5. The molecule has 1 heteroatoms. The zero-order valence-corrected chi connectivity index (χ0v) is 9.11. The summed E-state index contributed by atoms with van der Waals surface area (Å²) >= 11 is 0. The third-order valence-electron chi connectivity index (χ3n) is 0.808. The molecule has 0 heterocycles. The average molecular weight is 161 g/mol. The highest BCUT2D eigenvalue weighted by Gasteiger charge is 1.75. The molecule has 0 aromatic heterocycles. The standard InChI is InChI=1S/C5H13N.C3H8.C2H6/c1-2-3-4-5-6;1-3-2;1-2/h2-6H2,1H3;3H2,1-2H3;1-2H3. The number of unbranched alkanes of at least 4 members (excludes halogenated alkanes) is 2. The summed E-state index contributed by atoms with van der Waals surface area (Å²) in [4.78, 5) is 0. The summed E-state index contributed by atoms with van der Waals surface area (Å²) in [5.74, 6) is 0. The number of nitrogens with two attached hydrogens (primary N) is 1. The van der Waals surface area contributed by atoms with Gasteiger partial charge in [-0.05, 0) is 13.0 Å². The molecule has 0 aliphatic carbocycles. The molecule has 0 aliphatic heterocycles. The third-order valence-corrected chi connectivity index (χ3v) is 0.808. The summed E-state index contributed by atoms with van der Waals surface area (Å²) in [5, 5.41) is 0. The second-order valence-electron chi connectivity index (χ2n) is 2.20. The SMILES string of the molecule is CC.CCC.CCCCCN. The molecule has 0 aromatic rings. The molecule has 0 spiro atoms. The normalized spacial score (nSPS) is 7.09. The maximum atomic E-state index is 5.21. The first-order valence-electron chi connectivity index (χ1n) is 5.03. The Morgan fingerprint density at radius 1 is 0.909 bits per heavy atom. The number of rotatable bonds is 3. The molecule has 11 heavy (non-hydrogen) atoms. The van der Waals surface area contributed by atoms with Gasteiger partial charge in [0.25, 0.3) is 0 Å². The Bertz CT molecular complexity index is 24.1. The first-order valence-corrected chi connectivity index (χ1v) is 5.03. The Morgan fingerprint density at radius 2 is 1.27 bits per heavy atom. The van der Waals surface area contributed by atoms with Crippen LogP contribution in [0.1, 0.15) is 60.3 Å². The molecule has 0 atom stereocenters. The van der Waals surface area contributed by atoms with Crippen molar-refractivity contribution in [3.05, 3.63) is 0 Å². The molecule has 1 nitrogen and oxygen atoms in total. The molecule has 2 N–H and O–H groups in total. The summed E-state index contributed by atoms with van der Waals surface area (Å²) in [6.07, 6.45) is 5.00.